The van der Waals surface area contributed by atoms with Gasteiger partial charge in [0, 0.05) is 45.3 Å². The molecule has 0 radical (unpaired) electrons. The number of nitrogens with zero attached hydrogens (tertiary/aromatic N) is 2. The van der Waals surface area contributed by atoms with E-state index in [-0.39, 0.29) is 12.5 Å². The van der Waals surface area contributed by atoms with E-state index < -0.39 is 0 Å². The van der Waals surface area contributed by atoms with Crippen molar-refractivity contribution in [3.63, 3.8) is 0 Å². The van der Waals surface area contributed by atoms with Crippen LogP contribution in [-0.4, -0.2) is 73.4 Å². The van der Waals surface area contributed by atoms with Gasteiger partial charge in [-0.3, -0.25) is 9.69 Å². The van der Waals surface area contributed by atoms with Crippen LogP contribution in [0.2, 0.25) is 0 Å². The predicted molar refractivity (Wildman–Crippen MR) is 68.3 cm³/mol. The average molecular weight is 256 g/mol. The lowest BCUT2D eigenvalue weighted by Gasteiger charge is -2.28. The molecule has 2 saturated heterocycles. The van der Waals surface area contributed by atoms with Crippen LogP contribution in [0.4, 0.5) is 0 Å². The zero-order valence-corrected chi connectivity index (χ0v) is 11.0. The Kier molecular flexibility index (Phi) is 5.41. The molecule has 0 spiro atoms. The molecule has 2 heterocycles. The van der Waals surface area contributed by atoms with Gasteiger partial charge in [0.2, 0.25) is 5.91 Å². The molecule has 2 fully saturated rings. The van der Waals surface area contributed by atoms with Gasteiger partial charge in [-0.2, -0.15) is 0 Å². The Labute approximate surface area is 109 Å². The Morgan fingerprint density at radius 1 is 1.17 bits per heavy atom. The third-order valence-corrected chi connectivity index (χ3v) is 3.89. The first kappa shape index (κ1) is 13.8. The number of ether oxygens (including phenoxy) is 1. The normalized spacial score (nSPS) is 23.9. The maximum atomic E-state index is 12.4. The third kappa shape index (κ3) is 3.67. The number of aliphatic hydroxyl groups is 1. The van der Waals surface area contributed by atoms with Crippen LogP contribution in [-0.2, 0) is 9.53 Å². The molecule has 5 nitrogen and oxygen atoms in total. The van der Waals surface area contributed by atoms with Crippen molar-refractivity contribution in [2.24, 2.45) is 5.92 Å². The van der Waals surface area contributed by atoms with E-state index in [0.717, 1.165) is 65.2 Å². The predicted octanol–water partition coefficient (Wildman–Crippen LogP) is -0.0604. The molecule has 0 atom stereocenters. The SMILES string of the molecule is O=C(C1CCOCC1)N1CCCN(CCO)CC1. The Bertz CT molecular complexity index is 267. The monoisotopic (exact) mass is 256 g/mol. The summed E-state index contributed by atoms with van der Waals surface area (Å²) < 4.78 is 5.30. The van der Waals surface area contributed by atoms with Gasteiger partial charge in [-0.25, -0.2) is 0 Å². The van der Waals surface area contributed by atoms with Crippen molar-refractivity contribution >= 4 is 5.91 Å². The van der Waals surface area contributed by atoms with Crippen LogP contribution in [0.15, 0.2) is 0 Å². The van der Waals surface area contributed by atoms with Gasteiger partial charge in [0.1, 0.15) is 0 Å². The Balaban J connectivity index is 1.82. The molecule has 1 N–H and O–H groups in total. The second kappa shape index (κ2) is 7.07. The minimum absolute atomic E-state index is 0.170. The lowest BCUT2D eigenvalue weighted by molar-refractivity contribution is -0.138. The maximum Gasteiger partial charge on any atom is 0.225 e. The lowest BCUT2D eigenvalue weighted by Crippen LogP contribution is -2.40. The largest absolute Gasteiger partial charge is 0.395 e. The van der Waals surface area contributed by atoms with E-state index in [1.807, 2.05) is 4.90 Å². The summed E-state index contributed by atoms with van der Waals surface area (Å²) in [7, 11) is 0. The molecule has 0 aromatic rings. The first-order valence-corrected chi connectivity index (χ1v) is 7.01. The van der Waals surface area contributed by atoms with Crippen LogP contribution < -0.4 is 0 Å². The number of aliphatic hydroxyl groups excluding tert-OH is 1. The molecule has 2 aliphatic heterocycles. The van der Waals surface area contributed by atoms with Crippen molar-refractivity contribution in [2.45, 2.75) is 19.3 Å². The van der Waals surface area contributed by atoms with Crippen LogP contribution in [0, 0.1) is 5.92 Å². The Morgan fingerprint density at radius 2 is 1.94 bits per heavy atom. The second-order valence-electron chi connectivity index (χ2n) is 5.13. The molecule has 0 bridgehead atoms. The summed E-state index contributed by atoms with van der Waals surface area (Å²) in [6.07, 6.45) is 2.75. The molecule has 0 aromatic heterocycles. The van der Waals surface area contributed by atoms with Crippen molar-refractivity contribution in [3.8, 4) is 0 Å². The highest BCUT2D eigenvalue weighted by Crippen LogP contribution is 2.18. The topological polar surface area (TPSA) is 53.0 Å². The molecule has 2 rings (SSSR count). The molecule has 2 aliphatic rings. The number of carbonyl (C=O) groups excluding carboxylic acids is 1. The van der Waals surface area contributed by atoms with E-state index in [2.05, 4.69) is 4.90 Å². The fourth-order valence-electron chi connectivity index (χ4n) is 2.76. The highest BCUT2D eigenvalue weighted by Gasteiger charge is 2.27. The summed E-state index contributed by atoms with van der Waals surface area (Å²) in [5, 5.41) is 8.95. The number of β-amino-alcohol motifs (C(OH)–C–C–N with tert-alkyl or cyclic N) is 1. The van der Waals surface area contributed by atoms with Crippen molar-refractivity contribution in [2.75, 3.05) is 52.5 Å². The van der Waals surface area contributed by atoms with Gasteiger partial charge >= 0.3 is 0 Å². The summed E-state index contributed by atoms with van der Waals surface area (Å²) in [5.74, 6) is 0.479. The average Bonchev–Trinajstić information content (AvgIpc) is 2.65. The molecule has 1 amide bonds. The molecular formula is C13H24N2O3. The number of carbonyl (C=O) groups is 1. The van der Waals surface area contributed by atoms with E-state index in [1.54, 1.807) is 0 Å². The first-order valence-electron chi connectivity index (χ1n) is 7.01. The van der Waals surface area contributed by atoms with Gasteiger partial charge in [0.25, 0.3) is 0 Å². The summed E-state index contributed by atoms with van der Waals surface area (Å²) in [6, 6.07) is 0. The molecule has 0 unspecified atom stereocenters. The van der Waals surface area contributed by atoms with Gasteiger partial charge in [0.05, 0.1) is 6.61 Å². The van der Waals surface area contributed by atoms with Gasteiger partial charge in [-0.15, -0.1) is 0 Å². The van der Waals surface area contributed by atoms with E-state index >= 15 is 0 Å². The van der Waals surface area contributed by atoms with Crippen molar-refractivity contribution < 1.29 is 14.6 Å². The lowest BCUT2D eigenvalue weighted by atomic mass is 9.98. The third-order valence-electron chi connectivity index (χ3n) is 3.89. The molecule has 5 heteroatoms. The fourth-order valence-corrected chi connectivity index (χ4v) is 2.76. The molecule has 18 heavy (non-hydrogen) atoms. The smallest absolute Gasteiger partial charge is 0.225 e. The van der Waals surface area contributed by atoms with E-state index in [0.29, 0.717) is 5.91 Å². The standard InChI is InChI=1S/C13H24N2O3/c16-9-8-14-4-1-5-15(7-6-14)13(17)12-2-10-18-11-3-12/h12,16H,1-11H2. The van der Waals surface area contributed by atoms with Gasteiger partial charge in [-0.05, 0) is 25.8 Å². The van der Waals surface area contributed by atoms with Crippen LogP contribution in [0.3, 0.4) is 0 Å². The van der Waals surface area contributed by atoms with Gasteiger partial charge < -0.3 is 14.7 Å². The van der Waals surface area contributed by atoms with Crippen molar-refractivity contribution in [1.29, 1.82) is 0 Å². The van der Waals surface area contributed by atoms with Crippen molar-refractivity contribution in [3.05, 3.63) is 0 Å². The van der Waals surface area contributed by atoms with E-state index in [1.165, 1.54) is 0 Å². The quantitative estimate of drug-likeness (QED) is 0.768. The molecule has 104 valence electrons. The van der Waals surface area contributed by atoms with Crippen LogP contribution in [0.1, 0.15) is 19.3 Å². The highest BCUT2D eigenvalue weighted by atomic mass is 16.5. The molecule has 0 aliphatic carbocycles. The van der Waals surface area contributed by atoms with Crippen molar-refractivity contribution in [1.82, 2.24) is 9.80 Å². The molecule has 0 saturated carbocycles. The maximum absolute atomic E-state index is 12.4. The van der Waals surface area contributed by atoms with E-state index in [4.69, 9.17) is 9.84 Å². The zero-order chi connectivity index (χ0) is 12.8. The first-order chi connectivity index (χ1) is 8.81. The fraction of sp³-hybridized carbons (Fsp3) is 0.923. The molecule has 0 aromatic carbocycles. The number of hydrogen-bond donors (Lipinski definition) is 1. The van der Waals surface area contributed by atoms with Crippen LogP contribution >= 0.6 is 0 Å². The summed E-state index contributed by atoms with van der Waals surface area (Å²) in [4.78, 5) is 16.6. The van der Waals surface area contributed by atoms with E-state index in [9.17, 15) is 4.79 Å². The second-order valence-corrected chi connectivity index (χ2v) is 5.13. The van der Waals surface area contributed by atoms with Gasteiger partial charge in [-0.1, -0.05) is 0 Å². The Morgan fingerprint density at radius 3 is 2.67 bits per heavy atom. The van der Waals surface area contributed by atoms with Crippen LogP contribution in [0.5, 0.6) is 0 Å². The minimum Gasteiger partial charge on any atom is -0.395 e. The summed E-state index contributed by atoms with van der Waals surface area (Å²) in [6.45, 7) is 5.90. The number of rotatable bonds is 3. The minimum atomic E-state index is 0.170. The highest BCUT2D eigenvalue weighted by molar-refractivity contribution is 5.79. The zero-order valence-electron chi connectivity index (χ0n) is 11.0. The number of hydrogen-bond acceptors (Lipinski definition) is 4. The van der Waals surface area contributed by atoms with Gasteiger partial charge in [0.15, 0.2) is 0 Å². The summed E-state index contributed by atoms with van der Waals surface area (Å²) in [5.41, 5.74) is 0. The molecular weight excluding hydrogens is 232 g/mol. The number of amides is 1. The van der Waals surface area contributed by atoms with Crippen LogP contribution in [0.25, 0.3) is 0 Å². The summed E-state index contributed by atoms with van der Waals surface area (Å²) >= 11 is 0. The Hall–Kier alpha value is -0.650.